The number of hydrogen-bond donors (Lipinski definition) is 1. The van der Waals surface area contributed by atoms with Crippen LogP contribution in [0.5, 0.6) is 0 Å². The average molecular weight is 465 g/mol. The van der Waals surface area contributed by atoms with Gasteiger partial charge in [0.2, 0.25) is 0 Å². The second-order valence-electron chi connectivity index (χ2n) is 7.98. The third-order valence-electron chi connectivity index (χ3n) is 5.82. The molecule has 1 aliphatic carbocycles. The first-order valence-corrected chi connectivity index (χ1v) is 11.7. The van der Waals surface area contributed by atoms with Gasteiger partial charge in [0, 0.05) is 24.1 Å². The lowest BCUT2D eigenvalue weighted by Gasteiger charge is -2.19. The second-order valence-corrected chi connectivity index (χ2v) is 8.86. The Bertz CT molecular complexity index is 1570. The van der Waals surface area contributed by atoms with Crippen molar-refractivity contribution in [3.63, 3.8) is 0 Å². The van der Waals surface area contributed by atoms with E-state index in [9.17, 15) is 18.8 Å². The number of anilines is 2. The van der Waals surface area contributed by atoms with Crippen LogP contribution >= 0.6 is 11.8 Å². The first-order valence-electron chi connectivity index (χ1n) is 10.5. The molecule has 0 amide bonds. The number of fused-ring (bicyclic) bond motifs is 1. The smallest absolute Gasteiger partial charge is 0.337 e. The van der Waals surface area contributed by atoms with Crippen LogP contribution in [-0.2, 0) is 7.05 Å². The highest BCUT2D eigenvalue weighted by molar-refractivity contribution is 7.98. The Morgan fingerprint density at radius 3 is 2.36 bits per heavy atom. The molecule has 0 spiro atoms. The first-order chi connectivity index (χ1) is 15.9. The summed E-state index contributed by atoms with van der Waals surface area (Å²) < 4.78 is 18.6. The molecule has 0 atom stereocenters. The number of pyridine rings is 1. The van der Waals surface area contributed by atoms with Gasteiger partial charge >= 0.3 is 5.69 Å². The van der Waals surface area contributed by atoms with Crippen LogP contribution in [0.4, 0.5) is 15.8 Å². The van der Waals surface area contributed by atoms with Gasteiger partial charge in [0.1, 0.15) is 16.9 Å². The molecule has 0 bridgehead atoms. The average Bonchev–Trinajstić information content (AvgIpc) is 3.64. The van der Waals surface area contributed by atoms with E-state index in [-0.39, 0.29) is 28.5 Å². The lowest BCUT2D eigenvalue weighted by Crippen LogP contribution is -2.41. The first kappa shape index (κ1) is 21.3. The summed E-state index contributed by atoms with van der Waals surface area (Å²) in [6, 6.07) is 14.7. The van der Waals surface area contributed by atoms with E-state index < -0.39 is 22.6 Å². The van der Waals surface area contributed by atoms with E-state index in [1.165, 1.54) is 44.6 Å². The van der Waals surface area contributed by atoms with Crippen LogP contribution in [0.3, 0.4) is 0 Å². The van der Waals surface area contributed by atoms with Gasteiger partial charge in [-0.05, 0) is 49.4 Å². The highest BCUT2D eigenvalue weighted by atomic mass is 32.2. The molecule has 1 fully saturated rings. The Morgan fingerprint density at radius 1 is 1.00 bits per heavy atom. The van der Waals surface area contributed by atoms with Crippen molar-refractivity contribution in [3.05, 3.63) is 91.6 Å². The van der Waals surface area contributed by atoms with Crippen LogP contribution in [-0.4, -0.2) is 20.0 Å². The van der Waals surface area contributed by atoms with Gasteiger partial charge in [0.15, 0.2) is 0 Å². The van der Waals surface area contributed by atoms with Gasteiger partial charge in [0.25, 0.3) is 11.1 Å². The third-order valence-corrected chi connectivity index (χ3v) is 6.55. The Balaban J connectivity index is 1.87. The molecular weight excluding hydrogens is 443 g/mol. The zero-order valence-electron chi connectivity index (χ0n) is 18.0. The molecule has 9 heteroatoms. The van der Waals surface area contributed by atoms with E-state index in [0.717, 1.165) is 17.7 Å². The van der Waals surface area contributed by atoms with Crippen molar-refractivity contribution in [2.24, 2.45) is 7.05 Å². The molecule has 0 saturated heterocycles. The molecule has 0 radical (unpaired) electrons. The van der Waals surface area contributed by atoms with Crippen LogP contribution in [0.1, 0.15) is 18.9 Å². The number of rotatable bonds is 5. The summed E-state index contributed by atoms with van der Waals surface area (Å²) in [6.45, 7) is 0. The summed E-state index contributed by atoms with van der Waals surface area (Å²) in [5.41, 5.74) is -0.439. The lowest BCUT2D eigenvalue weighted by atomic mass is 10.2. The number of thioether (sulfide) groups is 1. The fourth-order valence-corrected chi connectivity index (χ4v) is 4.42. The number of aromatic nitrogens is 3. The standard InChI is InChI=1S/C24H21FN4O3S/c1-27-20(30)13-19(26-18-11-10-16(33-2)12-17(18)25)21-22(27)28(14-6-4-3-5-7-14)24(32)29(23(21)31)15-8-9-15/h3-7,10-13,15,26H,8-9H2,1-2H3. The molecule has 0 aliphatic heterocycles. The minimum atomic E-state index is -0.505. The monoisotopic (exact) mass is 464 g/mol. The lowest BCUT2D eigenvalue weighted by molar-refractivity contribution is 0.628. The number of aryl methyl sites for hydroxylation is 1. The summed E-state index contributed by atoms with van der Waals surface area (Å²) >= 11 is 1.41. The van der Waals surface area contributed by atoms with Crippen molar-refractivity contribution in [1.82, 2.24) is 13.7 Å². The van der Waals surface area contributed by atoms with Crippen molar-refractivity contribution >= 4 is 34.2 Å². The van der Waals surface area contributed by atoms with E-state index >= 15 is 0 Å². The molecule has 1 N–H and O–H groups in total. The molecule has 1 aliphatic rings. The largest absolute Gasteiger partial charge is 0.352 e. The van der Waals surface area contributed by atoms with Crippen molar-refractivity contribution in [3.8, 4) is 5.69 Å². The van der Waals surface area contributed by atoms with Gasteiger partial charge in [-0.1, -0.05) is 18.2 Å². The summed E-state index contributed by atoms with van der Waals surface area (Å²) in [4.78, 5) is 40.7. The molecular formula is C24H21FN4O3S. The molecule has 7 nitrogen and oxygen atoms in total. The summed E-state index contributed by atoms with van der Waals surface area (Å²) in [6.07, 6.45) is 3.31. The predicted molar refractivity (Wildman–Crippen MR) is 129 cm³/mol. The third kappa shape index (κ3) is 3.58. The molecule has 2 heterocycles. The summed E-state index contributed by atoms with van der Waals surface area (Å²) in [5, 5.41) is 3.09. The van der Waals surface area contributed by atoms with E-state index in [4.69, 9.17) is 0 Å². The molecule has 4 aromatic rings. The topological polar surface area (TPSA) is 78.0 Å². The van der Waals surface area contributed by atoms with Gasteiger partial charge in [0.05, 0.1) is 17.1 Å². The fraction of sp³-hybridized carbons (Fsp3) is 0.208. The van der Waals surface area contributed by atoms with E-state index in [1.54, 1.807) is 36.4 Å². The summed E-state index contributed by atoms with van der Waals surface area (Å²) in [7, 11) is 1.52. The molecule has 5 rings (SSSR count). The van der Waals surface area contributed by atoms with Crippen molar-refractivity contribution < 1.29 is 4.39 Å². The number of hydrogen-bond acceptors (Lipinski definition) is 5. The van der Waals surface area contributed by atoms with Gasteiger partial charge in [-0.2, -0.15) is 0 Å². The summed E-state index contributed by atoms with van der Waals surface area (Å²) in [5.74, 6) is -0.505. The van der Waals surface area contributed by atoms with Crippen LogP contribution in [0.15, 0.2) is 73.9 Å². The maximum absolute atomic E-state index is 14.7. The van der Waals surface area contributed by atoms with Gasteiger partial charge in [-0.15, -0.1) is 11.8 Å². The van der Waals surface area contributed by atoms with Gasteiger partial charge in [-0.25, -0.2) is 13.8 Å². The zero-order chi connectivity index (χ0) is 23.3. The van der Waals surface area contributed by atoms with Gasteiger partial charge < -0.3 is 5.32 Å². The predicted octanol–water partition coefficient (Wildman–Crippen LogP) is 3.79. The molecule has 0 unspecified atom stereocenters. The van der Waals surface area contributed by atoms with E-state index in [0.29, 0.717) is 5.69 Å². The Hall–Kier alpha value is -3.59. The molecule has 168 valence electrons. The number of benzene rings is 2. The quantitative estimate of drug-likeness (QED) is 0.455. The van der Waals surface area contributed by atoms with Gasteiger partial charge in [-0.3, -0.25) is 18.7 Å². The van der Waals surface area contributed by atoms with Crippen LogP contribution in [0.2, 0.25) is 0 Å². The molecule has 2 aromatic carbocycles. The normalized spacial score (nSPS) is 13.4. The minimum Gasteiger partial charge on any atom is -0.352 e. The Labute approximate surface area is 192 Å². The van der Waals surface area contributed by atoms with Crippen LogP contribution in [0.25, 0.3) is 16.7 Å². The van der Waals surface area contributed by atoms with E-state index in [1.807, 2.05) is 12.3 Å². The van der Waals surface area contributed by atoms with Crippen LogP contribution < -0.4 is 22.1 Å². The number of para-hydroxylation sites is 1. The zero-order valence-corrected chi connectivity index (χ0v) is 18.9. The molecule has 2 aromatic heterocycles. The van der Waals surface area contributed by atoms with Crippen molar-refractivity contribution in [1.29, 1.82) is 0 Å². The SMILES string of the molecule is CSc1ccc(Nc2cc(=O)n(C)c3c2c(=O)n(C2CC2)c(=O)n3-c2ccccc2)c(F)c1. The number of nitrogens with one attached hydrogen (secondary N) is 1. The Kier molecular flexibility index (Phi) is 5.20. The van der Waals surface area contributed by atoms with Crippen molar-refractivity contribution in [2.45, 2.75) is 23.8 Å². The second kappa shape index (κ2) is 8.08. The number of halogens is 1. The maximum Gasteiger partial charge on any atom is 0.337 e. The van der Waals surface area contributed by atoms with Crippen molar-refractivity contribution in [2.75, 3.05) is 11.6 Å². The maximum atomic E-state index is 14.7. The molecule has 33 heavy (non-hydrogen) atoms. The fourth-order valence-electron chi connectivity index (χ4n) is 4.00. The van der Waals surface area contributed by atoms with Crippen LogP contribution in [0, 0.1) is 5.82 Å². The highest BCUT2D eigenvalue weighted by Gasteiger charge is 2.31. The van der Waals surface area contributed by atoms with E-state index in [2.05, 4.69) is 5.32 Å². The molecule has 1 saturated carbocycles. The highest BCUT2D eigenvalue weighted by Crippen LogP contribution is 2.33. The Morgan fingerprint density at radius 2 is 1.73 bits per heavy atom. The minimum absolute atomic E-state index is 0.136. The number of nitrogens with zero attached hydrogens (tertiary/aromatic N) is 3.